The summed E-state index contributed by atoms with van der Waals surface area (Å²) in [4.78, 5) is 6.65. The summed E-state index contributed by atoms with van der Waals surface area (Å²) in [7, 11) is 0. The van der Waals surface area contributed by atoms with Gasteiger partial charge in [-0.2, -0.15) is 0 Å². The Bertz CT molecular complexity index is 368. The van der Waals surface area contributed by atoms with E-state index in [9.17, 15) is 0 Å². The normalized spacial score (nSPS) is 10.3. The molecule has 0 radical (unpaired) electrons. The van der Waals surface area contributed by atoms with Gasteiger partial charge in [-0.25, -0.2) is 4.98 Å². The second kappa shape index (κ2) is 2.43. The number of nitrogens with one attached hydrogen (secondary N) is 1. The SMILES string of the molecule is ClNc1cccn2ccnc12. The molecule has 0 amide bonds. The minimum Gasteiger partial charge on any atom is -0.305 e. The maximum absolute atomic E-state index is 5.46. The van der Waals surface area contributed by atoms with E-state index in [1.54, 1.807) is 6.20 Å². The van der Waals surface area contributed by atoms with Gasteiger partial charge in [-0.15, -0.1) is 0 Å². The fourth-order valence-corrected chi connectivity index (χ4v) is 1.17. The standard InChI is InChI=1S/C7H6ClN3/c8-10-6-2-1-4-11-5-3-9-7(6)11/h1-5,10H. The van der Waals surface area contributed by atoms with Crippen molar-refractivity contribution < 1.29 is 0 Å². The van der Waals surface area contributed by atoms with Gasteiger partial charge >= 0.3 is 0 Å². The van der Waals surface area contributed by atoms with Crippen molar-refractivity contribution in [1.29, 1.82) is 0 Å². The van der Waals surface area contributed by atoms with Gasteiger partial charge in [0.1, 0.15) is 0 Å². The molecule has 4 heteroatoms. The average molecular weight is 168 g/mol. The first kappa shape index (κ1) is 6.49. The Morgan fingerprint density at radius 3 is 3.18 bits per heavy atom. The van der Waals surface area contributed by atoms with Gasteiger partial charge < -0.3 is 4.40 Å². The zero-order valence-electron chi connectivity index (χ0n) is 5.66. The van der Waals surface area contributed by atoms with Crippen molar-refractivity contribution in [2.24, 2.45) is 0 Å². The molecule has 0 bridgehead atoms. The largest absolute Gasteiger partial charge is 0.305 e. The van der Waals surface area contributed by atoms with Crippen LogP contribution in [0.25, 0.3) is 5.65 Å². The highest BCUT2D eigenvalue weighted by atomic mass is 35.5. The molecule has 0 spiro atoms. The minimum absolute atomic E-state index is 0.819. The summed E-state index contributed by atoms with van der Waals surface area (Å²) in [5.41, 5.74) is 1.65. The number of imidazole rings is 1. The molecule has 1 N–H and O–H groups in total. The number of pyridine rings is 1. The van der Waals surface area contributed by atoms with Crippen molar-refractivity contribution in [3.63, 3.8) is 0 Å². The topological polar surface area (TPSA) is 29.3 Å². The molecule has 0 aromatic carbocycles. The van der Waals surface area contributed by atoms with E-state index in [1.807, 2.05) is 28.9 Å². The third-order valence-corrected chi connectivity index (χ3v) is 1.72. The maximum Gasteiger partial charge on any atom is 0.161 e. The first-order valence-electron chi connectivity index (χ1n) is 3.20. The lowest BCUT2D eigenvalue weighted by atomic mass is 10.4. The van der Waals surface area contributed by atoms with Crippen LogP contribution in [0, 0.1) is 0 Å². The van der Waals surface area contributed by atoms with Gasteiger partial charge in [0, 0.05) is 30.4 Å². The first-order chi connectivity index (χ1) is 5.42. The van der Waals surface area contributed by atoms with Crippen molar-refractivity contribution in [1.82, 2.24) is 9.38 Å². The highest BCUT2D eigenvalue weighted by Gasteiger charge is 1.97. The average Bonchev–Trinajstić information content (AvgIpc) is 2.50. The van der Waals surface area contributed by atoms with E-state index in [0.717, 1.165) is 11.3 Å². The third-order valence-electron chi connectivity index (χ3n) is 1.52. The molecule has 0 atom stereocenters. The van der Waals surface area contributed by atoms with Gasteiger partial charge in [-0.3, -0.25) is 4.84 Å². The number of halogens is 1. The first-order valence-corrected chi connectivity index (χ1v) is 3.58. The van der Waals surface area contributed by atoms with Crippen LogP contribution in [-0.4, -0.2) is 9.38 Å². The molecule has 11 heavy (non-hydrogen) atoms. The summed E-state index contributed by atoms with van der Waals surface area (Å²) in [5.74, 6) is 0. The van der Waals surface area contributed by atoms with Gasteiger partial charge in [0.15, 0.2) is 5.65 Å². The van der Waals surface area contributed by atoms with E-state index < -0.39 is 0 Å². The number of aromatic nitrogens is 2. The van der Waals surface area contributed by atoms with E-state index in [0.29, 0.717) is 0 Å². The lowest BCUT2D eigenvalue weighted by Gasteiger charge is -1.98. The van der Waals surface area contributed by atoms with Crippen molar-refractivity contribution >= 4 is 23.1 Å². The molecule has 0 unspecified atom stereocenters. The molecule has 0 aliphatic rings. The van der Waals surface area contributed by atoms with Gasteiger partial charge in [0.05, 0.1) is 5.69 Å². The molecule has 0 saturated carbocycles. The Labute approximate surface area is 68.7 Å². The predicted octanol–water partition coefficient (Wildman–Crippen LogP) is 1.90. The van der Waals surface area contributed by atoms with E-state index in [4.69, 9.17) is 11.8 Å². The number of fused-ring (bicyclic) bond motifs is 1. The Balaban J connectivity index is 2.79. The molecule has 0 fully saturated rings. The van der Waals surface area contributed by atoms with Crippen LogP contribution >= 0.6 is 11.8 Å². The Morgan fingerprint density at radius 1 is 1.45 bits per heavy atom. The maximum atomic E-state index is 5.46. The lowest BCUT2D eigenvalue weighted by molar-refractivity contribution is 1.19. The number of rotatable bonds is 1. The van der Waals surface area contributed by atoms with E-state index in [2.05, 4.69) is 9.82 Å². The minimum atomic E-state index is 0.819. The van der Waals surface area contributed by atoms with Gasteiger partial charge in [0.25, 0.3) is 0 Å². The monoisotopic (exact) mass is 167 g/mol. The van der Waals surface area contributed by atoms with Gasteiger partial charge in [0.2, 0.25) is 0 Å². The van der Waals surface area contributed by atoms with Crippen LogP contribution in [0.3, 0.4) is 0 Å². The molecular formula is C7H6ClN3. The number of nitrogens with zero attached hydrogens (tertiary/aromatic N) is 2. The van der Waals surface area contributed by atoms with E-state index in [-0.39, 0.29) is 0 Å². The van der Waals surface area contributed by atoms with Gasteiger partial charge in [-0.1, -0.05) is 0 Å². The number of hydrogen-bond donors (Lipinski definition) is 1. The highest BCUT2D eigenvalue weighted by Crippen LogP contribution is 2.14. The zero-order chi connectivity index (χ0) is 7.68. The number of hydrogen-bond acceptors (Lipinski definition) is 2. The van der Waals surface area contributed by atoms with Crippen LogP contribution in [0.2, 0.25) is 0 Å². The Morgan fingerprint density at radius 2 is 2.36 bits per heavy atom. The van der Waals surface area contributed by atoms with Crippen LogP contribution in [0.15, 0.2) is 30.7 Å². The Hall–Kier alpha value is -1.22. The van der Waals surface area contributed by atoms with Crippen LogP contribution < -0.4 is 4.84 Å². The smallest absolute Gasteiger partial charge is 0.161 e. The molecule has 0 aliphatic carbocycles. The quantitative estimate of drug-likeness (QED) is 0.658. The van der Waals surface area contributed by atoms with Crippen LogP contribution in [0.5, 0.6) is 0 Å². The second-order valence-electron chi connectivity index (χ2n) is 2.17. The fourth-order valence-electron chi connectivity index (χ4n) is 1.02. The van der Waals surface area contributed by atoms with Crippen LogP contribution in [-0.2, 0) is 0 Å². The fraction of sp³-hybridized carbons (Fsp3) is 0. The van der Waals surface area contributed by atoms with Gasteiger partial charge in [-0.05, 0) is 12.1 Å². The molecule has 0 saturated heterocycles. The molecule has 0 aliphatic heterocycles. The highest BCUT2D eigenvalue weighted by molar-refractivity contribution is 6.24. The lowest BCUT2D eigenvalue weighted by Crippen LogP contribution is -1.87. The molecule has 2 aromatic heterocycles. The van der Waals surface area contributed by atoms with Crippen molar-refractivity contribution in [2.75, 3.05) is 4.84 Å². The van der Waals surface area contributed by atoms with Crippen LogP contribution in [0.4, 0.5) is 5.69 Å². The zero-order valence-corrected chi connectivity index (χ0v) is 6.42. The van der Waals surface area contributed by atoms with Crippen molar-refractivity contribution in [3.05, 3.63) is 30.7 Å². The summed E-state index contributed by atoms with van der Waals surface area (Å²) in [6, 6.07) is 3.77. The van der Waals surface area contributed by atoms with Crippen molar-refractivity contribution in [3.8, 4) is 0 Å². The summed E-state index contributed by atoms with van der Waals surface area (Å²) >= 11 is 5.46. The summed E-state index contributed by atoms with van der Waals surface area (Å²) in [6.07, 6.45) is 5.51. The molecule has 2 aromatic rings. The molecule has 56 valence electrons. The second-order valence-corrected chi connectivity index (χ2v) is 2.36. The molecule has 2 heterocycles. The van der Waals surface area contributed by atoms with E-state index >= 15 is 0 Å². The molecular weight excluding hydrogens is 162 g/mol. The van der Waals surface area contributed by atoms with Crippen molar-refractivity contribution in [2.45, 2.75) is 0 Å². The van der Waals surface area contributed by atoms with E-state index in [1.165, 1.54) is 0 Å². The summed E-state index contributed by atoms with van der Waals surface area (Å²) < 4.78 is 1.89. The summed E-state index contributed by atoms with van der Waals surface area (Å²) in [5, 5.41) is 0. The predicted molar refractivity (Wildman–Crippen MR) is 44.7 cm³/mol. The summed E-state index contributed by atoms with van der Waals surface area (Å²) in [6.45, 7) is 0. The molecule has 3 nitrogen and oxygen atoms in total. The van der Waals surface area contributed by atoms with Crippen LogP contribution in [0.1, 0.15) is 0 Å². The third kappa shape index (κ3) is 0.935. The Kier molecular flexibility index (Phi) is 1.43. The molecule has 2 rings (SSSR count). The number of anilines is 1.